The van der Waals surface area contributed by atoms with Crippen LogP contribution in [0.2, 0.25) is 15.1 Å². The van der Waals surface area contributed by atoms with Crippen molar-refractivity contribution in [2.75, 3.05) is 13.1 Å². The van der Waals surface area contributed by atoms with Crippen molar-refractivity contribution in [3.63, 3.8) is 0 Å². The SMILES string of the molecule is O=C(C1=C(c2ccc(OCc3coc(-c4c(F)ccc(F)c4Cl)n3)cc2)C[C@@H]2CNC[C@H]1N2)N(Cc1cccc(Cl)c1Cl)C1CC1. The molecule has 4 aromatic rings. The fraction of sp³-hybridized carbons (Fsp3) is 0.294. The Morgan fingerprint density at radius 3 is 2.57 bits per heavy atom. The van der Waals surface area contributed by atoms with Crippen molar-refractivity contribution in [2.45, 2.75) is 50.5 Å². The number of halogens is 5. The van der Waals surface area contributed by atoms with Crippen molar-refractivity contribution >= 4 is 46.3 Å². The van der Waals surface area contributed by atoms with Gasteiger partial charge >= 0.3 is 0 Å². The standard InChI is InChI=1S/C34H29Cl3F2N4O3/c35-25-3-1-2-19(31(25)36)15-43(22-6-7-22)34(44)29-24(12-20-13-40-14-28(29)41-20)18-4-8-23(9-5-18)45-16-21-17-46-33(42-21)30-26(38)10-11-27(39)32(30)37/h1-5,8-11,17,20,22,28,40-41H,6-7,12-16H2/t20-,28-/m1/s1. The molecule has 1 amide bonds. The van der Waals surface area contributed by atoms with Crippen LogP contribution in [0.25, 0.3) is 17.0 Å². The zero-order chi connectivity index (χ0) is 31.9. The molecule has 238 valence electrons. The van der Waals surface area contributed by atoms with E-state index in [1.54, 1.807) is 6.07 Å². The number of amides is 1. The van der Waals surface area contributed by atoms with E-state index in [1.807, 2.05) is 41.3 Å². The van der Waals surface area contributed by atoms with Gasteiger partial charge in [0, 0.05) is 37.3 Å². The quantitative estimate of drug-likeness (QED) is 0.179. The molecule has 1 saturated carbocycles. The highest BCUT2D eigenvalue weighted by molar-refractivity contribution is 6.42. The lowest BCUT2D eigenvalue weighted by Crippen LogP contribution is -2.60. The topological polar surface area (TPSA) is 79.6 Å². The largest absolute Gasteiger partial charge is 0.487 e. The molecule has 2 bridgehead atoms. The van der Waals surface area contributed by atoms with E-state index < -0.39 is 16.7 Å². The summed E-state index contributed by atoms with van der Waals surface area (Å²) in [5.41, 5.74) is 3.70. The van der Waals surface area contributed by atoms with Crippen molar-refractivity contribution < 1.29 is 22.7 Å². The molecule has 0 unspecified atom stereocenters. The second-order valence-electron chi connectivity index (χ2n) is 11.7. The van der Waals surface area contributed by atoms with E-state index in [0.717, 1.165) is 53.8 Å². The number of piperazine rings is 1. The second-order valence-corrected chi connectivity index (χ2v) is 12.9. The van der Waals surface area contributed by atoms with Crippen molar-refractivity contribution in [2.24, 2.45) is 0 Å². The van der Waals surface area contributed by atoms with E-state index >= 15 is 0 Å². The molecular weight excluding hydrogens is 657 g/mol. The van der Waals surface area contributed by atoms with Gasteiger partial charge in [0.2, 0.25) is 5.89 Å². The van der Waals surface area contributed by atoms with Crippen LogP contribution in [-0.4, -0.2) is 47.0 Å². The average molecular weight is 686 g/mol. The predicted molar refractivity (Wildman–Crippen MR) is 173 cm³/mol. The van der Waals surface area contributed by atoms with Crippen LogP contribution in [0.15, 0.2) is 70.9 Å². The van der Waals surface area contributed by atoms with Gasteiger partial charge in [-0.15, -0.1) is 0 Å². The highest BCUT2D eigenvalue weighted by Crippen LogP contribution is 2.38. The van der Waals surface area contributed by atoms with E-state index in [1.165, 1.54) is 6.26 Å². The van der Waals surface area contributed by atoms with Crippen LogP contribution in [0, 0.1) is 11.6 Å². The molecule has 2 fully saturated rings. The maximum atomic E-state index is 14.4. The van der Waals surface area contributed by atoms with Crippen LogP contribution >= 0.6 is 34.8 Å². The van der Waals surface area contributed by atoms with Gasteiger partial charge in [-0.2, -0.15) is 0 Å². The van der Waals surface area contributed by atoms with Crippen LogP contribution in [0.1, 0.15) is 36.1 Å². The number of carbonyl (C=O) groups is 1. The molecule has 1 saturated heterocycles. The summed E-state index contributed by atoms with van der Waals surface area (Å²) in [6.45, 7) is 1.89. The minimum absolute atomic E-state index is 0.00481. The lowest BCUT2D eigenvalue weighted by Gasteiger charge is -2.41. The molecule has 3 heterocycles. The number of aromatic nitrogens is 1. The molecule has 1 aromatic heterocycles. The van der Waals surface area contributed by atoms with E-state index in [2.05, 4.69) is 15.6 Å². The van der Waals surface area contributed by atoms with Crippen molar-refractivity contribution in [1.29, 1.82) is 0 Å². The number of rotatable bonds is 9. The molecule has 1 aliphatic carbocycles. The third-order valence-electron chi connectivity index (χ3n) is 8.55. The Morgan fingerprint density at radius 2 is 1.78 bits per heavy atom. The Kier molecular flexibility index (Phi) is 8.78. The van der Waals surface area contributed by atoms with Crippen molar-refractivity contribution in [1.82, 2.24) is 20.5 Å². The highest BCUT2D eigenvalue weighted by Gasteiger charge is 2.41. The minimum atomic E-state index is -0.770. The molecule has 0 radical (unpaired) electrons. The van der Waals surface area contributed by atoms with E-state index in [4.69, 9.17) is 44.0 Å². The Bertz CT molecular complexity index is 1830. The maximum Gasteiger partial charge on any atom is 0.252 e. The number of benzene rings is 3. The third kappa shape index (κ3) is 6.27. The van der Waals surface area contributed by atoms with Crippen LogP contribution in [0.3, 0.4) is 0 Å². The maximum absolute atomic E-state index is 14.4. The summed E-state index contributed by atoms with van der Waals surface area (Å²) in [4.78, 5) is 20.6. The van der Waals surface area contributed by atoms with Gasteiger partial charge in [0.05, 0.1) is 26.7 Å². The first-order chi connectivity index (χ1) is 22.3. The molecule has 3 aliphatic rings. The Morgan fingerprint density at radius 1 is 1.00 bits per heavy atom. The fourth-order valence-electron chi connectivity index (χ4n) is 6.12. The Labute approximate surface area is 279 Å². The summed E-state index contributed by atoms with van der Waals surface area (Å²) in [7, 11) is 0. The molecule has 3 aromatic carbocycles. The molecule has 2 atom stereocenters. The van der Waals surface area contributed by atoms with Gasteiger partial charge in [0.15, 0.2) is 0 Å². The molecule has 46 heavy (non-hydrogen) atoms. The van der Waals surface area contributed by atoms with Gasteiger partial charge in [0.25, 0.3) is 5.91 Å². The van der Waals surface area contributed by atoms with Gasteiger partial charge in [-0.1, -0.05) is 59.1 Å². The molecule has 7 rings (SSSR count). The van der Waals surface area contributed by atoms with Gasteiger partial charge < -0.3 is 24.7 Å². The Balaban J connectivity index is 1.12. The van der Waals surface area contributed by atoms with Gasteiger partial charge in [-0.25, -0.2) is 13.8 Å². The number of carbonyl (C=O) groups excluding carboxylic acids is 1. The lowest BCUT2D eigenvalue weighted by atomic mass is 9.83. The number of nitrogens with one attached hydrogen (secondary N) is 2. The molecule has 7 nitrogen and oxygen atoms in total. The molecule has 0 spiro atoms. The summed E-state index contributed by atoms with van der Waals surface area (Å²) in [6, 6.07) is 15.3. The summed E-state index contributed by atoms with van der Waals surface area (Å²) in [6.07, 6.45) is 3.92. The first-order valence-electron chi connectivity index (χ1n) is 15.0. The summed E-state index contributed by atoms with van der Waals surface area (Å²) in [5.74, 6) is -1.07. The van der Waals surface area contributed by atoms with Crippen molar-refractivity contribution in [3.8, 4) is 17.2 Å². The van der Waals surface area contributed by atoms with Gasteiger partial charge in [-0.05, 0) is 66.3 Å². The summed E-state index contributed by atoms with van der Waals surface area (Å²) in [5, 5.41) is 7.66. The molecular formula is C34H29Cl3F2N4O3. The van der Waals surface area contributed by atoms with E-state index in [0.29, 0.717) is 41.0 Å². The predicted octanol–water partition coefficient (Wildman–Crippen LogP) is 7.44. The molecule has 12 heteroatoms. The second kappa shape index (κ2) is 13.0. The van der Waals surface area contributed by atoms with E-state index in [-0.39, 0.29) is 42.1 Å². The summed E-state index contributed by atoms with van der Waals surface area (Å²) < 4.78 is 39.5. The normalized spacial score (nSPS) is 19.3. The monoisotopic (exact) mass is 684 g/mol. The van der Waals surface area contributed by atoms with Crippen LogP contribution in [-0.2, 0) is 17.9 Å². The lowest BCUT2D eigenvalue weighted by molar-refractivity contribution is -0.128. The van der Waals surface area contributed by atoms with Gasteiger partial charge in [0.1, 0.15) is 35.9 Å². The van der Waals surface area contributed by atoms with Crippen LogP contribution in [0.5, 0.6) is 5.75 Å². The highest BCUT2D eigenvalue weighted by atomic mass is 35.5. The van der Waals surface area contributed by atoms with Crippen LogP contribution in [0.4, 0.5) is 8.78 Å². The zero-order valence-corrected chi connectivity index (χ0v) is 26.7. The fourth-order valence-corrected chi connectivity index (χ4v) is 6.74. The first-order valence-corrected chi connectivity index (χ1v) is 16.2. The number of oxazole rings is 1. The number of hydrogen-bond donors (Lipinski definition) is 2. The summed E-state index contributed by atoms with van der Waals surface area (Å²) >= 11 is 18.8. The number of ether oxygens (including phenoxy) is 1. The smallest absolute Gasteiger partial charge is 0.252 e. The molecule has 2 aliphatic heterocycles. The minimum Gasteiger partial charge on any atom is -0.487 e. The number of nitrogens with zero attached hydrogens (tertiary/aromatic N) is 2. The first kappa shape index (κ1) is 31.1. The Hall–Kier alpha value is -3.47. The van der Waals surface area contributed by atoms with E-state index in [9.17, 15) is 13.6 Å². The number of fused-ring (bicyclic) bond motifs is 2. The number of hydrogen-bond acceptors (Lipinski definition) is 6. The average Bonchev–Trinajstić information content (AvgIpc) is 3.80. The third-order valence-corrected chi connectivity index (χ3v) is 9.78. The zero-order valence-electron chi connectivity index (χ0n) is 24.5. The molecule has 2 N–H and O–H groups in total. The van der Waals surface area contributed by atoms with Crippen LogP contribution < -0.4 is 15.4 Å². The van der Waals surface area contributed by atoms with Gasteiger partial charge in [-0.3, -0.25) is 4.79 Å². The van der Waals surface area contributed by atoms with Crippen molar-refractivity contribution in [3.05, 3.63) is 110 Å².